The summed E-state index contributed by atoms with van der Waals surface area (Å²) in [5, 5.41) is 0.0345. The molecule has 0 saturated carbocycles. The average Bonchev–Trinajstić information content (AvgIpc) is 2.52. The molecule has 10 heteroatoms. The molecule has 1 aromatic carbocycles. The number of alkyl halides is 3. The fourth-order valence-corrected chi connectivity index (χ4v) is 7.74. The minimum atomic E-state index is -5.69. The van der Waals surface area contributed by atoms with Crippen LogP contribution in [-0.4, -0.2) is 28.9 Å². The van der Waals surface area contributed by atoms with Gasteiger partial charge in [-0.05, 0) is 0 Å². The summed E-state index contributed by atoms with van der Waals surface area (Å²) in [6.07, 6.45) is 0.294. The van der Waals surface area contributed by atoms with Crippen LogP contribution in [0, 0.1) is 13.4 Å². The molecule has 1 rings (SSSR count). The Bertz CT molecular complexity index is 778. The van der Waals surface area contributed by atoms with Gasteiger partial charge in [-0.2, -0.15) is 0 Å². The van der Waals surface area contributed by atoms with Gasteiger partial charge in [-0.15, -0.1) is 0 Å². The average molecular weight is 536 g/mol. The van der Waals surface area contributed by atoms with Gasteiger partial charge in [0.15, 0.2) is 0 Å². The Hall–Kier alpha value is -0.613. The molecule has 0 saturated heterocycles. The molecule has 0 N–H and O–H groups in total. The molecule has 0 bridgehead atoms. The summed E-state index contributed by atoms with van der Waals surface area (Å²) in [5.74, 6) is 2.74. The predicted molar refractivity (Wildman–Crippen MR) is 111 cm³/mol. The SMILES string of the molecule is CC(C)(C)[Si](C)(C)OCCC#CI(OS(=O)(=O)C(F)(F)F)c1ccccc1. The van der Waals surface area contributed by atoms with Crippen molar-refractivity contribution < 1.29 is 28.5 Å². The second-order valence-corrected chi connectivity index (χ2v) is 17.7. The molecule has 0 fully saturated rings. The van der Waals surface area contributed by atoms with Crippen LogP contribution in [0.15, 0.2) is 30.3 Å². The number of hydrogen-bond acceptors (Lipinski definition) is 4. The standard InChI is InChI=1S/C17H24F3IO4SSi/c1-16(2,3)27(4,5)24-14-10-9-13-21(15-11-7-6-8-12-15)25-26(22,23)17(18,19)20/h6-8,11-12H,10,14H2,1-5H3. The molecule has 4 nitrogen and oxygen atoms in total. The maximum absolute atomic E-state index is 12.6. The second kappa shape index (κ2) is 9.26. The van der Waals surface area contributed by atoms with Gasteiger partial charge >= 0.3 is 168 Å². The Balaban J connectivity index is 2.88. The molecule has 27 heavy (non-hydrogen) atoms. The first-order valence-electron chi connectivity index (χ1n) is 8.06. The molecule has 0 aliphatic carbocycles. The summed E-state index contributed by atoms with van der Waals surface area (Å²) in [6.45, 7) is 10.8. The molecule has 1 aromatic rings. The first-order chi connectivity index (χ1) is 12.2. The van der Waals surface area contributed by atoms with Crippen LogP contribution in [0.5, 0.6) is 0 Å². The summed E-state index contributed by atoms with van der Waals surface area (Å²) in [6, 6.07) is 7.93. The van der Waals surface area contributed by atoms with E-state index in [2.05, 4.69) is 46.2 Å². The van der Waals surface area contributed by atoms with Crippen molar-refractivity contribution in [2.75, 3.05) is 6.61 Å². The van der Waals surface area contributed by atoms with Gasteiger partial charge in [0, 0.05) is 0 Å². The molecular weight excluding hydrogens is 512 g/mol. The van der Waals surface area contributed by atoms with E-state index in [0.717, 1.165) is 0 Å². The van der Waals surface area contributed by atoms with Crippen molar-refractivity contribution in [1.82, 2.24) is 0 Å². The van der Waals surface area contributed by atoms with Gasteiger partial charge in [0.05, 0.1) is 0 Å². The number of halogens is 4. The van der Waals surface area contributed by atoms with Crippen molar-refractivity contribution in [2.24, 2.45) is 0 Å². The van der Waals surface area contributed by atoms with Crippen molar-refractivity contribution in [2.45, 2.75) is 50.8 Å². The van der Waals surface area contributed by atoms with E-state index in [1.807, 2.05) is 0 Å². The van der Waals surface area contributed by atoms with Crippen LogP contribution >= 0.6 is 20.2 Å². The van der Waals surface area contributed by atoms with E-state index in [0.29, 0.717) is 16.6 Å². The predicted octanol–water partition coefficient (Wildman–Crippen LogP) is 5.52. The van der Waals surface area contributed by atoms with Crippen molar-refractivity contribution in [3.8, 4) is 9.85 Å². The van der Waals surface area contributed by atoms with Crippen molar-refractivity contribution in [3.05, 3.63) is 33.9 Å². The maximum atomic E-state index is 12.6. The molecule has 0 spiro atoms. The summed E-state index contributed by atoms with van der Waals surface area (Å²) in [5.41, 5.74) is -5.47. The van der Waals surface area contributed by atoms with E-state index in [9.17, 15) is 21.6 Å². The third-order valence-corrected chi connectivity index (χ3v) is 14.6. The van der Waals surface area contributed by atoms with Crippen LogP contribution in [-0.2, 0) is 17.1 Å². The Morgan fingerprint density at radius 2 is 1.67 bits per heavy atom. The third-order valence-electron chi connectivity index (χ3n) is 4.01. The van der Waals surface area contributed by atoms with E-state index in [1.165, 1.54) is 12.1 Å². The van der Waals surface area contributed by atoms with Gasteiger partial charge in [0.2, 0.25) is 0 Å². The quantitative estimate of drug-likeness (QED) is 0.158. The van der Waals surface area contributed by atoms with Crippen LogP contribution in [0.3, 0.4) is 0 Å². The van der Waals surface area contributed by atoms with Crippen molar-refractivity contribution >= 4 is 38.7 Å². The molecule has 154 valence electrons. The van der Waals surface area contributed by atoms with Crippen LogP contribution < -0.4 is 0 Å². The summed E-state index contributed by atoms with van der Waals surface area (Å²) in [4.78, 5) is 0. The molecule has 0 unspecified atom stereocenters. The Labute approximate surface area is 168 Å². The van der Waals surface area contributed by atoms with Crippen LogP contribution in [0.2, 0.25) is 18.1 Å². The molecule has 0 radical (unpaired) electrons. The van der Waals surface area contributed by atoms with E-state index < -0.39 is 44.2 Å². The zero-order chi connectivity index (χ0) is 20.9. The number of rotatable bonds is 6. The van der Waals surface area contributed by atoms with E-state index in [-0.39, 0.29) is 5.04 Å². The first-order valence-corrected chi connectivity index (χ1v) is 15.4. The number of benzene rings is 1. The molecule has 0 atom stereocenters. The second-order valence-electron chi connectivity index (χ2n) is 7.14. The fraction of sp³-hybridized carbons (Fsp3) is 0.529. The normalized spacial score (nSPS) is 13.7. The van der Waals surface area contributed by atoms with Gasteiger partial charge in [0.1, 0.15) is 0 Å². The van der Waals surface area contributed by atoms with E-state index in [4.69, 9.17) is 4.43 Å². The van der Waals surface area contributed by atoms with Gasteiger partial charge in [-0.25, -0.2) is 0 Å². The van der Waals surface area contributed by atoms with Crippen molar-refractivity contribution in [3.63, 3.8) is 0 Å². The van der Waals surface area contributed by atoms with E-state index in [1.54, 1.807) is 18.2 Å². The van der Waals surface area contributed by atoms with Crippen LogP contribution in [0.25, 0.3) is 0 Å². The zero-order valence-electron chi connectivity index (χ0n) is 15.9. The summed E-state index contributed by atoms with van der Waals surface area (Å²) in [7, 11) is -7.63. The Kier molecular flexibility index (Phi) is 8.37. The molecular formula is C17H24F3IO4SSi. The minimum absolute atomic E-state index is 0.0345. The summed E-state index contributed by atoms with van der Waals surface area (Å²) >= 11 is -3.35. The fourth-order valence-electron chi connectivity index (χ4n) is 1.44. The third kappa shape index (κ3) is 7.38. The monoisotopic (exact) mass is 536 g/mol. The first kappa shape index (κ1) is 24.4. The molecule has 0 aliphatic heterocycles. The van der Waals surface area contributed by atoms with E-state index >= 15 is 0 Å². The number of hydrogen-bond donors (Lipinski definition) is 0. The van der Waals surface area contributed by atoms with Gasteiger partial charge < -0.3 is 0 Å². The zero-order valence-corrected chi connectivity index (χ0v) is 19.8. The van der Waals surface area contributed by atoms with Crippen molar-refractivity contribution in [1.29, 1.82) is 0 Å². The Morgan fingerprint density at radius 1 is 1.11 bits per heavy atom. The molecule has 0 heterocycles. The van der Waals surface area contributed by atoms with Crippen LogP contribution in [0.1, 0.15) is 27.2 Å². The van der Waals surface area contributed by atoms with Gasteiger partial charge in [0.25, 0.3) is 0 Å². The molecule has 0 aromatic heterocycles. The topological polar surface area (TPSA) is 52.6 Å². The Morgan fingerprint density at radius 3 is 2.15 bits per heavy atom. The molecule has 0 amide bonds. The van der Waals surface area contributed by atoms with Crippen LogP contribution in [0.4, 0.5) is 13.2 Å². The van der Waals surface area contributed by atoms with Gasteiger partial charge in [-0.1, -0.05) is 0 Å². The summed E-state index contributed by atoms with van der Waals surface area (Å²) < 4.78 is 74.1. The molecule has 0 aliphatic rings. The van der Waals surface area contributed by atoms with Gasteiger partial charge in [-0.3, -0.25) is 0 Å².